The second kappa shape index (κ2) is 6.70. The topological polar surface area (TPSA) is 85.9 Å². The molecule has 1 saturated heterocycles. The normalized spacial score (nSPS) is 23.0. The van der Waals surface area contributed by atoms with Gasteiger partial charge in [-0.05, 0) is 74.6 Å². The monoisotopic (exact) mass is 412 g/mol. The molecule has 1 aromatic carbocycles. The number of carbonyl (C=O) groups excluding carboxylic acids is 1. The average molecular weight is 412 g/mol. The summed E-state index contributed by atoms with van der Waals surface area (Å²) in [6.07, 6.45) is 8.01. The summed E-state index contributed by atoms with van der Waals surface area (Å²) in [6.45, 7) is 4.04. The van der Waals surface area contributed by atoms with Crippen LogP contribution in [0.3, 0.4) is 0 Å². The van der Waals surface area contributed by atoms with Crippen molar-refractivity contribution >= 4 is 28.3 Å². The van der Waals surface area contributed by atoms with E-state index in [0.29, 0.717) is 5.92 Å². The number of fused-ring (bicyclic) bond motifs is 1. The fraction of sp³-hybridized carbons (Fsp3) is 0.292. The molecule has 2 aliphatic heterocycles. The first-order chi connectivity index (χ1) is 15.1. The molecule has 7 nitrogen and oxygen atoms in total. The van der Waals surface area contributed by atoms with Crippen LogP contribution >= 0.6 is 0 Å². The van der Waals surface area contributed by atoms with Gasteiger partial charge in [-0.1, -0.05) is 6.07 Å². The Morgan fingerprint density at radius 2 is 1.94 bits per heavy atom. The number of rotatable bonds is 4. The molecule has 7 heteroatoms. The van der Waals surface area contributed by atoms with Crippen molar-refractivity contribution in [3.63, 3.8) is 0 Å². The van der Waals surface area contributed by atoms with Crippen molar-refractivity contribution in [1.82, 2.24) is 25.8 Å². The molecule has 6 rings (SSSR count). The van der Waals surface area contributed by atoms with Gasteiger partial charge in [-0.15, -0.1) is 0 Å². The number of anilines is 1. The molecule has 156 valence electrons. The van der Waals surface area contributed by atoms with Gasteiger partial charge in [0.05, 0.1) is 40.7 Å². The number of amides is 1. The average Bonchev–Trinajstić information content (AvgIpc) is 3.47. The van der Waals surface area contributed by atoms with E-state index in [1.165, 1.54) is 0 Å². The maximum absolute atomic E-state index is 13.2. The molecule has 0 bridgehead atoms. The minimum Gasteiger partial charge on any atom is -0.345 e. The zero-order valence-electron chi connectivity index (χ0n) is 17.5. The predicted molar refractivity (Wildman–Crippen MR) is 120 cm³/mol. The smallest absolute Gasteiger partial charge is 0.233 e. The van der Waals surface area contributed by atoms with Crippen molar-refractivity contribution in [3.8, 4) is 0 Å². The molecule has 1 aliphatic carbocycles. The van der Waals surface area contributed by atoms with Gasteiger partial charge in [0.25, 0.3) is 0 Å². The van der Waals surface area contributed by atoms with Gasteiger partial charge in [-0.3, -0.25) is 15.2 Å². The Hall–Kier alpha value is -3.61. The molecule has 0 spiro atoms. The molecule has 3 aromatic rings. The summed E-state index contributed by atoms with van der Waals surface area (Å²) in [5.74, 6) is 0.745. The van der Waals surface area contributed by atoms with Gasteiger partial charge in [0.2, 0.25) is 5.91 Å². The van der Waals surface area contributed by atoms with E-state index in [-0.39, 0.29) is 17.9 Å². The van der Waals surface area contributed by atoms with E-state index in [9.17, 15) is 4.79 Å². The molecule has 1 amide bonds. The first-order valence-electron chi connectivity index (χ1n) is 10.7. The SMILES string of the molecule is CC1=CC=C(c2ccc([C@@H]3[C@H](C4CC4)C(=O)N3c3ccc4[nH]cnc4c3)c(C)n2)NN1. The van der Waals surface area contributed by atoms with Crippen LogP contribution in [-0.2, 0) is 4.79 Å². The number of β-lactam (4-membered cyclic amide) rings is 1. The fourth-order valence-corrected chi connectivity index (χ4v) is 4.76. The first kappa shape index (κ1) is 18.2. The largest absolute Gasteiger partial charge is 0.345 e. The minimum atomic E-state index is 0.0199. The highest BCUT2D eigenvalue weighted by molar-refractivity contribution is 6.04. The van der Waals surface area contributed by atoms with Crippen LogP contribution in [0.5, 0.6) is 0 Å². The summed E-state index contributed by atoms with van der Waals surface area (Å²) >= 11 is 0. The number of nitrogens with zero attached hydrogens (tertiary/aromatic N) is 3. The molecule has 2 atom stereocenters. The molecule has 3 N–H and O–H groups in total. The Labute approximate surface area is 180 Å². The number of allylic oxidation sites excluding steroid dienone is 3. The fourth-order valence-electron chi connectivity index (χ4n) is 4.76. The highest BCUT2D eigenvalue weighted by Gasteiger charge is 2.55. The van der Waals surface area contributed by atoms with Crippen LogP contribution in [0.2, 0.25) is 0 Å². The lowest BCUT2D eigenvalue weighted by Crippen LogP contribution is -2.56. The predicted octanol–water partition coefficient (Wildman–Crippen LogP) is 3.73. The summed E-state index contributed by atoms with van der Waals surface area (Å²) < 4.78 is 0. The molecular weight excluding hydrogens is 388 g/mol. The van der Waals surface area contributed by atoms with E-state index < -0.39 is 0 Å². The van der Waals surface area contributed by atoms with Crippen LogP contribution < -0.4 is 15.8 Å². The lowest BCUT2D eigenvalue weighted by atomic mass is 9.78. The maximum atomic E-state index is 13.2. The van der Waals surface area contributed by atoms with Gasteiger partial charge in [0, 0.05) is 17.1 Å². The van der Waals surface area contributed by atoms with E-state index in [1.54, 1.807) is 6.33 Å². The molecule has 1 saturated carbocycles. The van der Waals surface area contributed by atoms with Crippen molar-refractivity contribution in [2.24, 2.45) is 11.8 Å². The highest BCUT2D eigenvalue weighted by Crippen LogP contribution is 2.54. The number of pyridine rings is 1. The summed E-state index contributed by atoms with van der Waals surface area (Å²) in [5.41, 5.74) is 14.0. The van der Waals surface area contributed by atoms with Gasteiger partial charge < -0.3 is 15.3 Å². The van der Waals surface area contributed by atoms with Crippen molar-refractivity contribution in [2.45, 2.75) is 32.7 Å². The van der Waals surface area contributed by atoms with Crippen LogP contribution in [-0.4, -0.2) is 20.9 Å². The van der Waals surface area contributed by atoms with Crippen molar-refractivity contribution in [2.75, 3.05) is 4.90 Å². The van der Waals surface area contributed by atoms with Crippen molar-refractivity contribution < 1.29 is 4.79 Å². The number of H-pyrrole nitrogens is 1. The van der Waals surface area contributed by atoms with E-state index in [0.717, 1.165) is 57.9 Å². The quantitative estimate of drug-likeness (QED) is 0.569. The number of benzene rings is 1. The second-order valence-electron chi connectivity index (χ2n) is 8.67. The van der Waals surface area contributed by atoms with Crippen molar-refractivity contribution in [1.29, 1.82) is 0 Å². The zero-order valence-corrected chi connectivity index (χ0v) is 17.5. The van der Waals surface area contributed by atoms with Gasteiger partial charge in [-0.25, -0.2) is 4.98 Å². The number of imidazole rings is 1. The molecule has 4 heterocycles. The molecule has 31 heavy (non-hydrogen) atoms. The van der Waals surface area contributed by atoms with Crippen LogP contribution in [0.15, 0.2) is 54.5 Å². The third-order valence-electron chi connectivity index (χ3n) is 6.57. The second-order valence-corrected chi connectivity index (χ2v) is 8.67. The van der Waals surface area contributed by atoms with E-state index in [4.69, 9.17) is 4.98 Å². The Balaban J connectivity index is 1.38. The Morgan fingerprint density at radius 1 is 1.06 bits per heavy atom. The maximum Gasteiger partial charge on any atom is 0.233 e. The standard InChI is InChI=1S/C24H24N6O/c1-13-3-8-20(29-28-13)19-10-7-17(14(2)27-19)23-22(15-4-5-15)24(31)30(23)16-6-9-18-21(11-16)26-12-25-18/h3,6-12,15,22-23,28-29H,4-5H2,1-2H3,(H,25,26)/t22-,23+/m0/s1. The highest BCUT2D eigenvalue weighted by atomic mass is 16.2. The van der Waals surface area contributed by atoms with Gasteiger partial charge in [0.1, 0.15) is 0 Å². The molecule has 0 unspecified atom stereocenters. The van der Waals surface area contributed by atoms with Crippen LogP contribution in [0.1, 0.15) is 42.8 Å². The van der Waals surface area contributed by atoms with Crippen LogP contribution in [0, 0.1) is 18.8 Å². The molecule has 0 radical (unpaired) electrons. The number of aromatic nitrogens is 3. The van der Waals surface area contributed by atoms with Crippen LogP contribution in [0.4, 0.5) is 5.69 Å². The Bertz CT molecular complexity index is 1270. The van der Waals surface area contributed by atoms with Crippen LogP contribution in [0.25, 0.3) is 16.7 Å². The number of nitrogens with one attached hydrogen (secondary N) is 3. The van der Waals surface area contributed by atoms with Crippen molar-refractivity contribution in [3.05, 3.63) is 71.5 Å². The number of aromatic amines is 1. The number of hydrogen-bond donors (Lipinski definition) is 3. The molecule has 2 fully saturated rings. The number of hydrazine groups is 1. The van der Waals surface area contributed by atoms with Gasteiger partial charge in [0.15, 0.2) is 0 Å². The lowest BCUT2D eigenvalue weighted by Gasteiger charge is -2.48. The third-order valence-corrected chi connectivity index (χ3v) is 6.57. The summed E-state index contributed by atoms with van der Waals surface area (Å²) in [5, 5.41) is 0. The molecule has 3 aliphatic rings. The summed E-state index contributed by atoms with van der Waals surface area (Å²) in [4.78, 5) is 27.5. The number of aryl methyl sites for hydroxylation is 1. The zero-order chi connectivity index (χ0) is 21.1. The Kier molecular flexibility index (Phi) is 3.93. The molecular formula is C24H24N6O. The first-order valence-corrected chi connectivity index (χ1v) is 10.7. The number of carbonyl (C=O) groups is 1. The van der Waals surface area contributed by atoms with Gasteiger partial charge in [-0.2, -0.15) is 0 Å². The molecule has 2 aromatic heterocycles. The summed E-state index contributed by atoms with van der Waals surface area (Å²) in [7, 11) is 0. The van der Waals surface area contributed by atoms with Gasteiger partial charge >= 0.3 is 0 Å². The number of hydrogen-bond acceptors (Lipinski definition) is 5. The van der Waals surface area contributed by atoms with E-state index in [2.05, 4.69) is 26.9 Å². The van der Waals surface area contributed by atoms with E-state index in [1.807, 2.05) is 55.2 Å². The third kappa shape index (κ3) is 2.91. The Morgan fingerprint density at radius 3 is 2.68 bits per heavy atom. The lowest BCUT2D eigenvalue weighted by molar-refractivity contribution is -0.131. The summed E-state index contributed by atoms with van der Waals surface area (Å²) in [6, 6.07) is 10.2. The minimum absolute atomic E-state index is 0.0199. The van der Waals surface area contributed by atoms with E-state index >= 15 is 0 Å².